The summed E-state index contributed by atoms with van der Waals surface area (Å²) in [5.74, 6) is 0. The van der Waals surface area contributed by atoms with Crippen LogP contribution in [0.25, 0.3) is 0 Å². The molecule has 1 saturated heterocycles. The molecule has 1 aliphatic heterocycles. The number of nitrogens with zero attached hydrogens (tertiary/aromatic N) is 1. The molecule has 5 heteroatoms. The quantitative estimate of drug-likeness (QED) is 0.732. The number of nitrogens with one attached hydrogen (secondary N) is 1. The summed E-state index contributed by atoms with van der Waals surface area (Å²) in [4.78, 5) is 2.31. The Morgan fingerprint density at radius 3 is 2.58 bits per heavy atom. The first kappa shape index (κ1) is 15.4. The van der Waals surface area contributed by atoms with Gasteiger partial charge in [-0.05, 0) is 33.5 Å². The molecule has 0 aliphatic carbocycles. The van der Waals surface area contributed by atoms with Crippen LogP contribution in [0.2, 0.25) is 10.0 Å². The summed E-state index contributed by atoms with van der Waals surface area (Å²) in [5, 5.41) is 4.80. The summed E-state index contributed by atoms with van der Waals surface area (Å²) in [6.45, 7) is 9.62. The second-order valence-corrected chi connectivity index (χ2v) is 7.62. The summed E-state index contributed by atoms with van der Waals surface area (Å²) < 4.78 is 0.838. The van der Waals surface area contributed by atoms with Gasteiger partial charge in [0.15, 0.2) is 0 Å². The summed E-state index contributed by atoms with van der Waals surface area (Å²) in [6, 6.07) is 4.43. The highest BCUT2D eigenvalue weighted by molar-refractivity contribution is 9.10. The largest absolute Gasteiger partial charge is 0.367 e. The zero-order chi connectivity index (χ0) is 14.2. The average molecular weight is 366 g/mol. The van der Waals surface area contributed by atoms with Crippen molar-refractivity contribution in [3.8, 4) is 0 Å². The highest BCUT2D eigenvalue weighted by Gasteiger charge is 2.30. The molecule has 0 aromatic heterocycles. The number of benzene rings is 1. The molecule has 1 unspecified atom stereocenters. The molecule has 0 amide bonds. The van der Waals surface area contributed by atoms with Gasteiger partial charge in [0.25, 0.3) is 0 Å². The van der Waals surface area contributed by atoms with Crippen LogP contribution in [-0.2, 0) is 0 Å². The van der Waals surface area contributed by atoms with Crippen molar-refractivity contribution in [3.05, 3.63) is 26.7 Å². The second kappa shape index (κ2) is 5.80. The van der Waals surface area contributed by atoms with E-state index in [9.17, 15) is 0 Å². The molecular formula is C14H19BrCl2N2. The molecule has 0 radical (unpaired) electrons. The van der Waals surface area contributed by atoms with Crippen LogP contribution in [0.15, 0.2) is 16.6 Å². The molecule has 0 saturated carbocycles. The smallest absolute Gasteiger partial charge is 0.0837 e. The van der Waals surface area contributed by atoms with Gasteiger partial charge < -0.3 is 10.2 Å². The van der Waals surface area contributed by atoms with E-state index in [4.69, 9.17) is 23.2 Å². The van der Waals surface area contributed by atoms with Gasteiger partial charge in [0.2, 0.25) is 0 Å². The van der Waals surface area contributed by atoms with E-state index in [1.165, 1.54) is 0 Å². The van der Waals surface area contributed by atoms with Crippen LogP contribution < -0.4 is 10.2 Å². The number of piperazine rings is 1. The van der Waals surface area contributed by atoms with E-state index in [1.54, 1.807) is 0 Å². The van der Waals surface area contributed by atoms with Crippen molar-refractivity contribution in [2.45, 2.75) is 26.8 Å². The average Bonchev–Trinajstić information content (AvgIpc) is 2.35. The molecule has 0 bridgehead atoms. The Kier molecular flexibility index (Phi) is 4.71. The topological polar surface area (TPSA) is 15.3 Å². The lowest BCUT2D eigenvalue weighted by Gasteiger charge is -2.41. The van der Waals surface area contributed by atoms with Gasteiger partial charge >= 0.3 is 0 Å². The maximum Gasteiger partial charge on any atom is 0.0837 e. The first-order valence-corrected chi connectivity index (χ1v) is 7.97. The van der Waals surface area contributed by atoms with E-state index >= 15 is 0 Å². The van der Waals surface area contributed by atoms with Crippen LogP contribution in [0.5, 0.6) is 0 Å². The van der Waals surface area contributed by atoms with E-state index < -0.39 is 0 Å². The minimum atomic E-state index is 0.226. The summed E-state index contributed by atoms with van der Waals surface area (Å²) in [5.41, 5.74) is 1.25. The standard InChI is InChI=1S/C14H19BrCl2N2/c1-14(2,3)11-8-19(7-6-18-11)10-5-4-9(15)12(16)13(10)17/h4-5,11,18H,6-8H2,1-3H3. The monoisotopic (exact) mass is 364 g/mol. The zero-order valence-corrected chi connectivity index (χ0v) is 14.5. The molecule has 2 nitrogen and oxygen atoms in total. The molecule has 19 heavy (non-hydrogen) atoms. The van der Waals surface area contributed by atoms with Gasteiger partial charge in [-0.3, -0.25) is 0 Å². The van der Waals surface area contributed by atoms with Gasteiger partial charge in [0.1, 0.15) is 0 Å². The van der Waals surface area contributed by atoms with E-state index in [2.05, 4.69) is 46.9 Å². The highest BCUT2D eigenvalue weighted by atomic mass is 79.9. The predicted molar refractivity (Wildman–Crippen MR) is 87.6 cm³/mol. The summed E-state index contributed by atoms with van der Waals surface area (Å²) in [7, 11) is 0. The Morgan fingerprint density at radius 2 is 1.95 bits per heavy atom. The fraction of sp³-hybridized carbons (Fsp3) is 0.571. The Morgan fingerprint density at radius 1 is 1.26 bits per heavy atom. The van der Waals surface area contributed by atoms with Crippen LogP contribution in [0.4, 0.5) is 5.69 Å². The van der Waals surface area contributed by atoms with Gasteiger partial charge in [-0.1, -0.05) is 44.0 Å². The predicted octanol–water partition coefficient (Wildman–Crippen LogP) is 4.58. The Labute approximate surface area is 133 Å². The Bertz CT molecular complexity index is 471. The van der Waals surface area contributed by atoms with Crippen LogP contribution >= 0.6 is 39.1 Å². The molecule has 106 valence electrons. The molecule has 2 rings (SSSR count). The maximum absolute atomic E-state index is 6.37. The summed E-state index contributed by atoms with van der Waals surface area (Å²) >= 11 is 16.0. The Hall–Kier alpha value is 0.0400. The normalized spacial score (nSPS) is 20.7. The minimum absolute atomic E-state index is 0.226. The third-order valence-electron chi connectivity index (χ3n) is 3.58. The highest BCUT2D eigenvalue weighted by Crippen LogP contribution is 2.38. The number of halogens is 3. The fourth-order valence-corrected chi connectivity index (χ4v) is 3.20. The van der Waals surface area contributed by atoms with E-state index in [1.807, 2.05) is 12.1 Å². The summed E-state index contributed by atoms with van der Waals surface area (Å²) in [6.07, 6.45) is 0. The lowest BCUT2D eigenvalue weighted by atomic mass is 9.85. The van der Waals surface area contributed by atoms with Crippen molar-refractivity contribution >= 4 is 44.8 Å². The third kappa shape index (κ3) is 3.38. The van der Waals surface area contributed by atoms with Crippen molar-refractivity contribution in [1.82, 2.24) is 5.32 Å². The van der Waals surface area contributed by atoms with E-state index in [-0.39, 0.29) is 5.41 Å². The van der Waals surface area contributed by atoms with Crippen LogP contribution in [0.3, 0.4) is 0 Å². The van der Waals surface area contributed by atoms with E-state index in [0.29, 0.717) is 16.1 Å². The van der Waals surface area contributed by atoms with Gasteiger partial charge in [0.05, 0.1) is 15.7 Å². The number of hydrogen-bond donors (Lipinski definition) is 1. The van der Waals surface area contributed by atoms with Crippen LogP contribution in [0.1, 0.15) is 20.8 Å². The molecule has 1 atom stereocenters. The van der Waals surface area contributed by atoms with Gasteiger partial charge in [-0.15, -0.1) is 0 Å². The molecule has 1 N–H and O–H groups in total. The van der Waals surface area contributed by atoms with Crippen molar-refractivity contribution in [1.29, 1.82) is 0 Å². The molecule has 0 spiro atoms. The van der Waals surface area contributed by atoms with Gasteiger partial charge in [-0.25, -0.2) is 0 Å². The number of anilines is 1. The molecule has 1 heterocycles. The molecular weight excluding hydrogens is 347 g/mol. The number of hydrogen-bond acceptors (Lipinski definition) is 2. The van der Waals surface area contributed by atoms with Crippen molar-refractivity contribution in [2.24, 2.45) is 5.41 Å². The third-order valence-corrected chi connectivity index (χ3v) is 5.34. The maximum atomic E-state index is 6.37. The second-order valence-electron chi connectivity index (χ2n) is 6.01. The van der Waals surface area contributed by atoms with Gasteiger partial charge in [-0.2, -0.15) is 0 Å². The van der Waals surface area contributed by atoms with Crippen molar-refractivity contribution in [3.63, 3.8) is 0 Å². The molecule has 1 aromatic rings. The Balaban J connectivity index is 2.25. The fourth-order valence-electron chi connectivity index (χ4n) is 2.31. The first-order valence-electron chi connectivity index (χ1n) is 6.42. The number of rotatable bonds is 1. The zero-order valence-electron chi connectivity index (χ0n) is 11.4. The van der Waals surface area contributed by atoms with E-state index in [0.717, 1.165) is 29.8 Å². The lowest BCUT2D eigenvalue weighted by molar-refractivity contribution is 0.254. The van der Waals surface area contributed by atoms with Crippen LogP contribution in [0, 0.1) is 5.41 Å². The molecule has 1 aliphatic rings. The van der Waals surface area contributed by atoms with Crippen molar-refractivity contribution < 1.29 is 0 Å². The SMILES string of the molecule is CC(C)(C)C1CN(c2ccc(Br)c(Cl)c2Cl)CCN1. The van der Waals surface area contributed by atoms with Crippen LogP contribution in [-0.4, -0.2) is 25.7 Å². The van der Waals surface area contributed by atoms with Gasteiger partial charge in [0, 0.05) is 30.1 Å². The molecule has 1 aromatic carbocycles. The first-order chi connectivity index (χ1) is 8.80. The van der Waals surface area contributed by atoms with Crippen molar-refractivity contribution in [2.75, 3.05) is 24.5 Å². The molecule has 1 fully saturated rings. The lowest BCUT2D eigenvalue weighted by Crippen LogP contribution is -2.56. The minimum Gasteiger partial charge on any atom is -0.367 e.